The summed E-state index contributed by atoms with van der Waals surface area (Å²) in [5, 5.41) is 10.1. The Morgan fingerprint density at radius 1 is 1.05 bits per heavy atom. The van der Waals surface area contributed by atoms with Crippen LogP contribution in [0.3, 0.4) is 0 Å². The minimum Gasteiger partial charge on any atom is -0.489 e. The second-order valence-corrected chi connectivity index (χ2v) is 5.00. The normalized spacial score (nSPS) is 12.1. The van der Waals surface area contributed by atoms with Crippen LogP contribution in [0.15, 0.2) is 54.6 Å². The maximum Gasteiger partial charge on any atom is 0.120 e. The van der Waals surface area contributed by atoms with E-state index in [4.69, 9.17) is 4.74 Å². The highest BCUT2D eigenvalue weighted by molar-refractivity contribution is 5.30. The molecule has 0 saturated carbocycles. The molecule has 0 fully saturated rings. The van der Waals surface area contributed by atoms with E-state index in [9.17, 15) is 5.11 Å². The average Bonchev–Trinajstić information content (AvgIpc) is 2.52. The van der Waals surface area contributed by atoms with Crippen molar-refractivity contribution in [3.8, 4) is 5.75 Å². The van der Waals surface area contributed by atoms with Gasteiger partial charge in [0.05, 0.1) is 6.10 Å². The lowest BCUT2D eigenvalue weighted by Crippen LogP contribution is -1.99. The van der Waals surface area contributed by atoms with Crippen molar-refractivity contribution in [3.63, 3.8) is 0 Å². The molecule has 1 unspecified atom stereocenters. The number of hydrogen-bond donors (Lipinski definition) is 1. The third-order valence-corrected chi connectivity index (χ3v) is 3.32. The summed E-state index contributed by atoms with van der Waals surface area (Å²) in [5.74, 6) is 0.807. The Bertz CT molecular complexity index is 508. The van der Waals surface area contributed by atoms with Crippen LogP contribution < -0.4 is 4.74 Å². The Morgan fingerprint density at radius 3 is 2.60 bits per heavy atom. The van der Waals surface area contributed by atoms with Crippen LogP contribution in [0.1, 0.15) is 43.4 Å². The summed E-state index contributed by atoms with van der Waals surface area (Å²) in [6.45, 7) is 2.68. The Hall–Kier alpha value is -1.80. The zero-order chi connectivity index (χ0) is 14.2. The van der Waals surface area contributed by atoms with Gasteiger partial charge in [-0.2, -0.15) is 0 Å². The van der Waals surface area contributed by atoms with Crippen molar-refractivity contribution in [2.24, 2.45) is 0 Å². The molecule has 0 aromatic heterocycles. The van der Waals surface area contributed by atoms with Crippen LogP contribution in [0.5, 0.6) is 5.75 Å². The molecular weight excluding hydrogens is 248 g/mol. The topological polar surface area (TPSA) is 29.5 Å². The summed E-state index contributed by atoms with van der Waals surface area (Å²) in [6, 6.07) is 17.8. The highest BCUT2D eigenvalue weighted by Crippen LogP contribution is 2.23. The van der Waals surface area contributed by atoms with Crippen molar-refractivity contribution in [2.75, 3.05) is 0 Å². The minimum atomic E-state index is -0.393. The minimum absolute atomic E-state index is 0.393. The van der Waals surface area contributed by atoms with Gasteiger partial charge in [0, 0.05) is 0 Å². The maximum absolute atomic E-state index is 10.1. The predicted molar refractivity (Wildman–Crippen MR) is 81.7 cm³/mol. The molecule has 20 heavy (non-hydrogen) atoms. The number of benzene rings is 2. The molecule has 0 aliphatic heterocycles. The van der Waals surface area contributed by atoms with Crippen molar-refractivity contribution in [3.05, 3.63) is 65.7 Å². The summed E-state index contributed by atoms with van der Waals surface area (Å²) in [7, 11) is 0. The first-order valence-corrected chi connectivity index (χ1v) is 7.24. The molecular formula is C18H22O2. The zero-order valence-corrected chi connectivity index (χ0v) is 12.0. The van der Waals surface area contributed by atoms with Gasteiger partial charge in [-0.25, -0.2) is 0 Å². The number of ether oxygens (including phenoxy) is 1. The van der Waals surface area contributed by atoms with Gasteiger partial charge in [-0.15, -0.1) is 0 Å². The zero-order valence-electron chi connectivity index (χ0n) is 12.0. The fraction of sp³-hybridized carbons (Fsp3) is 0.333. The van der Waals surface area contributed by atoms with Crippen LogP contribution >= 0.6 is 0 Å². The number of hydrogen-bond acceptors (Lipinski definition) is 2. The standard InChI is InChI=1S/C18H22O2/c1-2-3-12-18(19)16-10-7-11-17(13-16)20-14-15-8-5-4-6-9-15/h4-11,13,18-19H,2-3,12,14H2,1H3. The van der Waals surface area contributed by atoms with E-state index < -0.39 is 6.10 Å². The molecule has 1 N–H and O–H groups in total. The first-order chi connectivity index (χ1) is 9.79. The van der Waals surface area contributed by atoms with Crippen LogP contribution in [0.2, 0.25) is 0 Å². The summed E-state index contributed by atoms with van der Waals surface area (Å²) in [5.41, 5.74) is 2.08. The van der Waals surface area contributed by atoms with E-state index in [1.165, 1.54) is 0 Å². The van der Waals surface area contributed by atoms with Crippen LogP contribution in [0.25, 0.3) is 0 Å². The van der Waals surface area contributed by atoms with E-state index in [0.29, 0.717) is 6.61 Å². The highest BCUT2D eigenvalue weighted by atomic mass is 16.5. The second-order valence-electron chi connectivity index (χ2n) is 5.00. The molecule has 1 atom stereocenters. The van der Waals surface area contributed by atoms with Gasteiger partial charge in [0.25, 0.3) is 0 Å². The van der Waals surface area contributed by atoms with E-state index in [1.807, 2.05) is 54.6 Å². The lowest BCUT2D eigenvalue weighted by Gasteiger charge is -2.12. The number of aliphatic hydroxyl groups excluding tert-OH is 1. The third kappa shape index (κ3) is 4.39. The van der Waals surface area contributed by atoms with Crippen LogP contribution in [0, 0.1) is 0 Å². The fourth-order valence-corrected chi connectivity index (χ4v) is 2.12. The second kappa shape index (κ2) is 7.71. The molecule has 0 aliphatic carbocycles. The molecule has 0 bridgehead atoms. The summed E-state index contributed by atoms with van der Waals surface area (Å²) < 4.78 is 5.78. The van der Waals surface area contributed by atoms with Crippen molar-refractivity contribution < 1.29 is 9.84 Å². The van der Waals surface area contributed by atoms with Crippen molar-refractivity contribution in [2.45, 2.75) is 38.9 Å². The number of unbranched alkanes of at least 4 members (excludes halogenated alkanes) is 1. The Labute approximate surface area is 121 Å². The van der Waals surface area contributed by atoms with E-state index >= 15 is 0 Å². The van der Waals surface area contributed by atoms with Crippen molar-refractivity contribution >= 4 is 0 Å². The van der Waals surface area contributed by atoms with Gasteiger partial charge in [0.1, 0.15) is 12.4 Å². The summed E-state index contributed by atoms with van der Waals surface area (Å²) in [6.07, 6.45) is 2.55. The van der Waals surface area contributed by atoms with Crippen LogP contribution in [-0.2, 0) is 6.61 Å². The Kier molecular flexibility index (Phi) is 5.63. The first-order valence-electron chi connectivity index (χ1n) is 7.24. The molecule has 0 heterocycles. The molecule has 2 heteroatoms. The van der Waals surface area contributed by atoms with Gasteiger partial charge < -0.3 is 9.84 Å². The SMILES string of the molecule is CCCCC(O)c1cccc(OCc2ccccc2)c1. The molecule has 2 aromatic rings. The quantitative estimate of drug-likeness (QED) is 0.803. The monoisotopic (exact) mass is 270 g/mol. The molecule has 106 valence electrons. The summed E-state index contributed by atoms with van der Waals surface area (Å²) >= 11 is 0. The molecule has 0 aliphatic rings. The van der Waals surface area contributed by atoms with Crippen LogP contribution in [0.4, 0.5) is 0 Å². The first kappa shape index (κ1) is 14.6. The molecule has 0 spiro atoms. The smallest absolute Gasteiger partial charge is 0.120 e. The van der Waals surface area contributed by atoms with E-state index in [-0.39, 0.29) is 0 Å². The van der Waals surface area contributed by atoms with Crippen LogP contribution in [-0.4, -0.2) is 5.11 Å². The van der Waals surface area contributed by atoms with Crippen molar-refractivity contribution in [1.82, 2.24) is 0 Å². The Morgan fingerprint density at radius 2 is 1.85 bits per heavy atom. The van der Waals surface area contributed by atoms with Gasteiger partial charge in [0.2, 0.25) is 0 Å². The molecule has 0 radical (unpaired) electrons. The fourth-order valence-electron chi connectivity index (χ4n) is 2.12. The molecule has 0 saturated heterocycles. The number of aliphatic hydroxyl groups is 1. The van der Waals surface area contributed by atoms with Gasteiger partial charge in [0.15, 0.2) is 0 Å². The largest absolute Gasteiger partial charge is 0.489 e. The molecule has 2 aromatic carbocycles. The van der Waals surface area contributed by atoms with Gasteiger partial charge in [-0.1, -0.05) is 62.2 Å². The molecule has 0 amide bonds. The van der Waals surface area contributed by atoms with E-state index in [2.05, 4.69) is 6.92 Å². The maximum atomic E-state index is 10.1. The van der Waals surface area contributed by atoms with E-state index in [1.54, 1.807) is 0 Å². The lowest BCUT2D eigenvalue weighted by molar-refractivity contribution is 0.163. The predicted octanol–water partition coefficient (Wildman–Crippen LogP) is 4.49. The molecule has 2 rings (SSSR count). The van der Waals surface area contributed by atoms with Crippen molar-refractivity contribution in [1.29, 1.82) is 0 Å². The van der Waals surface area contributed by atoms with Gasteiger partial charge in [-0.3, -0.25) is 0 Å². The van der Waals surface area contributed by atoms with Gasteiger partial charge >= 0.3 is 0 Å². The molecule has 2 nitrogen and oxygen atoms in total. The van der Waals surface area contributed by atoms with Gasteiger partial charge in [-0.05, 0) is 29.7 Å². The highest BCUT2D eigenvalue weighted by Gasteiger charge is 2.07. The third-order valence-electron chi connectivity index (χ3n) is 3.32. The van der Waals surface area contributed by atoms with E-state index in [0.717, 1.165) is 36.1 Å². The number of rotatable bonds is 7. The lowest BCUT2D eigenvalue weighted by atomic mass is 10.0. The average molecular weight is 270 g/mol. The Balaban J connectivity index is 1.95. The summed E-state index contributed by atoms with van der Waals surface area (Å²) in [4.78, 5) is 0.